The van der Waals surface area contributed by atoms with Crippen LogP contribution in [0.5, 0.6) is 0 Å². The minimum absolute atomic E-state index is 0. The Hall–Kier alpha value is -1.31. The summed E-state index contributed by atoms with van der Waals surface area (Å²) in [5.74, 6) is 0. The Morgan fingerprint density at radius 3 is 2.25 bits per heavy atom. The molecule has 0 fully saturated rings. The van der Waals surface area contributed by atoms with Crippen molar-refractivity contribution in [3.63, 3.8) is 0 Å². The van der Waals surface area contributed by atoms with E-state index >= 15 is 0 Å². The molecule has 0 bridgehead atoms. The quantitative estimate of drug-likeness (QED) is 0.844. The summed E-state index contributed by atoms with van der Waals surface area (Å²) in [5, 5.41) is 0. The summed E-state index contributed by atoms with van der Waals surface area (Å²) in [5.41, 5.74) is 10.7. The summed E-state index contributed by atoms with van der Waals surface area (Å²) >= 11 is 0. The van der Waals surface area contributed by atoms with Crippen molar-refractivity contribution >= 4 is 12.4 Å². The normalized spacial score (nSPS) is 9.62. The summed E-state index contributed by atoms with van der Waals surface area (Å²) in [6.07, 6.45) is 0. The number of aryl methyl sites for hydroxylation is 1. The van der Waals surface area contributed by atoms with Crippen molar-refractivity contribution in [2.75, 3.05) is 0 Å². The first-order valence-corrected chi connectivity index (χ1v) is 5.16. The second kappa shape index (κ2) is 5.69. The molecule has 84 valence electrons. The van der Waals surface area contributed by atoms with E-state index in [0.29, 0.717) is 6.54 Å². The van der Waals surface area contributed by atoms with Crippen LogP contribution in [0.3, 0.4) is 0 Å². The summed E-state index contributed by atoms with van der Waals surface area (Å²) in [7, 11) is 0. The smallest absolute Gasteiger partial charge is 0.0180 e. The van der Waals surface area contributed by atoms with Crippen molar-refractivity contribution in [2.24, 2.45) is 5.73 Å². The number of halogens is 1. The lowest BCUT2D eigenvalue weighted by Crippen LogP contribution is -1.99. The molecule has 0 aromatic heterocycles. The molecule has 2 N–H and O–H groups in total. The molecule has 0 saturated carbocycles. The molecule has 0 saturated heterocycles. The van der Waals surface area contributed by atoms with E-state index in [4.69, 9.17) is 5.73 Å². The van der Waals surface area contributed by atoms with Crippen LogP contribution in [0.4, 0.5) is 0 Å². The summed E-state index contributed by atoms with van der Waals surface area (Å²) in [6.45, 7) is 2.70. The van der Waals surface area contributed by atoms with Gasteiger partial charge in [0.2, 0.25) is 0 Å². The van der Waals surface area contributed by atoms with Crippen molar-refractivity contribution in [2.45, 2.75) is 13.5 Å². The van der Waals surface area contributed by atoms with E-state index in [2.05, 4.69) is 49.4 Å². The van der Waals surface area contributed by atoms with Gasteiger partial charge in [0.15, 0.2) is 0 Å². The maximum absolute atomic E-state index is 5.70. The molecule has 1 nitrogen and oxygen atoms in total. The summed E-state index contributed by atoms with van der Waals surface area (Å²) in [6, 6.07) is 16.8. The number of hydrogen-bond acceptors (Lipinski definition) is 1. The first-order chi connectivity index (χ1) is 7.31. The topological polar surface area (TPSA) is 26.0 Å². The fraction of sp³-hybridized carbons (Fsp3) is 0.143. The maximum Gasteiger partial charge on any atom is 0.0180 e. The van der Waals surface area contributed by atoms with Crippen molar-refractivity contribution in [1.82, 2.24) is 0 Å². The van der Waals surface area contributed by atoms with Crippen LogP contribution in [0.1, 0.15) is 11.1 Å². The Morgan fingerprint density at radius 1 is 0.938 bits per heavy atom. The highest BCUT2D eigenvalue weighted by atomic mass is 35.5. The molecule has 2 aromatic rings. The highest BCUT2D eigenvalue weighted by Crippen LogP contribution is 2.21. The maximum atomic E-state index is 5.70. The molecule has 0 aliphatic rings. The van der Waals surface area contributed by atoms with Gasteiger partial charge in [-0.2, -0.15) is 0 Å². The molecule has 0 unspecified atom stereocenters. The van der Waals surface area contributed by atoms with E-state index in [1.807, 2.05) is 6.07 Å². The van der Waals surface area contributed by atoms with E-state index in [0.717, 1.165) is 0 Å². The first-order valence-electron chi connectivity index (χ1n) is 5.16. The third-order valence-electron chi connectivity index (χ3n) is 2.68. The van der Waals surface area contributed by atoms with Crippen molar-refractivity contribution in [1.29, 1.82) is 0 Å². The third kappa shape index (κ3) is 2.63. The molecule has 16 heavy (non-hydrogen) atoms. The van der Waals surface area contributed by atoms with Gasteiger partial charge in [0.1, 0.15) is 0 Å². The first kappa shape index (κ1) is 12.8. The molecule has 2 aromatic carbocycles. The predicted octanol–water partition coefficient (Wildman–Crippen LogP) is 3.54. The van der Waals surface area contributed by atoms with Crippen LogP contribution in [0, 0.1) is 6.92 Å². The van der Waals surface area contributed by atoms with Gasteiger partial charge in [-0.25, -0.2) is 0 Å². The minimum atomic E-state index is 0. The van der Waals surface area contributed by atoms with E-state index < -0.39 is 0 Å². The lowest BCUT2D eigenvalue weighted by atomic mass is 10.00. The second-order valence-electron chi connectivity index (χ2n) is 3.71. The van der Waals surface area contributed by atoms with Crippen LogP contribution in [0.25, 0.3) is 11.1 Å². The Bertz CT molecular complexity index is 452. The van der Waals surface area contributed by atoms with Crippen molar-refractivity contribution in [3.8, 4) is 11.1 Å². The van der Waals surface area contributed by atoms with Gasteiger partial charge in [0, 0.05) is 6.54 Å². The Morgan fingerprint density at radius 2 is 1.62 bits per heavy atom. The molecular formula is C14H16ClN. The van der Waals surface area contributed by atoms with Gasteiger partial charge in [-0.05, 0) is 35.2 Å². The van der Waals surface area contributed by atoms with Gasteiger partial charge in [0.05, 0.1) is 0 Å². The molecule has 0 aliphatic heterocycles. The highest BCUT2D eigenvalue weighted by Gasteiger charge is 2.00. The lowest BCUT2D eigenvalue weighted by Gasteiger charge is -2.07. The van der Waals surface area contributed by atoms with Crippen LogP contribution in [-0.2, 0) is 6.54 Å². The second-order valence-corrected chi connectivity index (χ2v) is 3.71. The Labute approximate surface area is 103 Å². The summed E-state index contributed by atoms with van der Waals surface area (Å²) < 4.78 is 0. The molecule has 2 heteroatoms. The fourth-order valence-corrected chi connectivity index (χ4v) is 1.70. The van der Waals surface area contributed by atoms with Crippen LogP contribution >= 0.6 is 12.4 Å². The van der Waals surface area contributed by atoms with Crippen LogP contribution in [0.15, 0.2) is 48.5 Å². The molecule has 0 radical (unpaired) electrons. The summed E-state index contributed by atoms with van der Waals surface area (Å²) in [4.78, 5) is 0. The Balaban J connectivity index is 0.00000128. The number of hydrogen-bond donors (Lipinski definition) is 1. The molecule has 2 rings (SSSR count). The molecule has 0 amide bonds. The molecular weight excluding hydrogens is 218 g/mol. The molecule has 0 atom stereocenters. The average Bonchev–Trinajstić information content (AvgIpc) is 2.31. The number of benzene rings is 2. The fourth-order valence-electron chi connectivity index (χ4n) is 1.70. The highest BCUT2D eigenvalue weighted by molar-refractivity contribution is 5.85. The van der Waals surface area contributed by atoms with Crippen molar-refractivity contribution in [3.05, 3.63) is 59.7 Å². The number of rotatable bonds is 2. The van der Waals surface area contributed by atoms with E-state index in [-0.39, 0.29) is 12.4 Å². The largest absolute Gasteiger partial charge is 0.326 e. The van der Waals surface area contributed by atoms with Crippen LogP contribution in [0.2, 0.25) is 0 Å². The van der Waals surface area contributed by atoms with E-state index in [1.165, 1.54) is 22.3 Å². The predicted molar refractivity (Wildman–Crippen MR) is 71.8 cm³/mol. The Kier molecular flexibility index (Phi) is 4.53. The van der Waals surface area contributed by atoms with Gasteiger partial charge in [0.25, 0.3) is 0 Å². The van der Waals surface area contributed by atoms with E-state index in [9.17, 15) is 0 Å². The standard InChI is InChI=1S/C14H15N.ClH/c1-11-7-8-13(9-14(11)10-15)12-5-3-2-4-6-12;/h2-9H,10,15H2,1H3;1H. The van der Waals surface area contributed by atoms with E-state index in [1.54, 1.807) is 0 Å². The van der Waals surface area contributed by atoms with Gasteiger partial charge >= 0.3 is 0 Å². The lowest BCUT2D eigenvalue weighted by molar-refractivity contribution is 1.05. The van der Waals surface area contributed by atoms with Gasteiger partial charge in [-0.3, -0.25) is 0 Å². The van der Waals surface area contributed by atoms with Gasteiger partial charge < -0.3 is 5.73 Å². The van der Waals surface area contributed by atoms with Crippen molar-refractivity contribution < 1.29 is 0 Å². The third-order valence-corrected chi connectivity index (χ3v) is 2.68. The number of nitrogens with two attached hydrogens (primary N) is 1. The van der Waals surface area contributed by atoms with Crippen LogP contribution < -0.4 is 5.73 Å². The minimum Gasteiger partial charge on any atom is -0.326 e. The SMILES string of the molecule is Cc1ccc(-c2ccccc2)cc1CN.Cl. The molecule has 0 heterocycles. The zero-order valence-electron chi connectivity index (χ0n) is 9.31. The average molecular weight is 234 g/mol. The van der Waals surface area contributed by atoms with Crippen LogP contribution in [-0.4, -0.2) is 0 Å². The zero-order valence-corrected chi connectivity index (χ0v) is 10.1. The molecule has 0 aliphatic carbocycles. The van der Waals surface area contributed by atoms with Gasteiger partial charge in [-0.1, -0.05) is 42.5 Å². The van der Waals surface area contributed by atoms with Gasteiger partial charge in [-0.15, -0.1) is 12.4 Å². The monoisotopic (exact) mass is 233 g/mol. The molecule has 0 spiro atoms. The zero-order chi connectivity index (χ0) is 10.7.